The van der Waals surface area contributed by atoms with E-state index < -0.39 is 0 Å². The lowest BCUT2D eigenvalue weighted by Crippen LogP contribution is -2.39. The van der Waals surface area contributed by atoms with E-state index in [9.17, 15) is 0 Å². The van der Waals surface area contributed by atoms with Crippen LogP contribution in [-0.2, 0) is 6.54 Å². The SMILES string of the molecule is Cc1cncc(CN(CC(C)C)CC2CCCN2)c1. The highest BCUT2D eigenvalue weighted by atomic mass is 15.2. The summed E-state index contributed by atoms with van der Waals surface area (Å²) in [5, 5.41) is 3.60. The molecule has 19 heavy (non-hydrogen) atoms. The van der Waals surface area contributed by atoms with Crippen LogP contribution in [0, 0.1) is 12.8 Å². The molecule has 1 aliphatic heterocycles. The Kier molecular flexibility index (Phi) is 5.34. The Hall–Kier alpha value is -0.930. The number of rotatable bonds is 6. The molecule has 1 N–H and O–H groups in total. The van der Waals surface area contributed by atoms with Gasteiger partial charge in [-0.05, 0) is 43.4 Å². The normalized spacial score (nSPS) is 19.5. The molecule has 2 heterocycles. The van der Waals surface area contributed by atoms with Gasteiger partial charge in [0.05, 0.1) is 0 Å². The maximum atomic E-state index is 4.31. The van der Waals surface area contributed by atoms with Crippen LogP contribution in [0.1, 0.15) is 37.8 Å². The number of pyridine rings is 1. The zero-order valence-electron chi connectivity index (χ0n) is 12.5. The van der Waals surface area contributed by atoms with E-state index in [0.717, 1.165) is 19.6 Å². The molecule has 1 aliphatic rings. The molecular formula is C16H27N3. The van der Waals surface area contributed by atoms with Crippen LogP contribution >= 0.6 is 0 Å². The summed E-state index contributed by atoms with van der Waals surface area (Å²) in [4.78, 5) is 6.88. The predicted molar refractivity (Wildman–Crippen MR) is 80.1 cm³/mol. The number of hydrogen-bond donors (Lipinski definition) is 1. The molecule has 106 valence electrons. The molecule has 0 spiro atoms. The second kappa shape index (κ2) is 7.01. The molecule has 0 aromatic carbocycles. The third-order valence-corrected chi connectivity index (χ3v) is 3.60. The van der Waals surface area contributed by atoms with E-state index in [0.29, 0.717) is 12.0 Å². The maximum Gasteiger partial charge on any atom is 0.0313 e. The molecule has 2 rings (SSSR count). The van der Waals surface area contributed by atoms with Gasteiger partial charge >= 0.3 is 0 Å². The molecule has 0 bridgehead atoms. The number of aryl methyl sites for hydroxylation is 1. The number of hydrogen-bond acceptors (Lipinski definition) is 3. The smallest absolute Gasteiger partial charge is 0.0313 e. The first-order valence-corrected chi connectivity index (χ1v) is 7.50. The summed E-state index contributed by atoms with van der Waals surface area (Å²) in [5.41, 5.74) is 2.58. The van der Waals surface area contributed by atoms with Crippen molar-refractivity contribution in [2.24, 2.45) is 5.92 Å². The third-order valence-electron chi connectivity index (χ3n) is 3.60. The molecule has 0 radical (unpaired) electrons. The summed E-state index contributed by atoms with van der Waals surface area (Å²) in [6.45, 7) is 11.2. The first-order chi connectivity index (χ1) is 9.13. The Bertz CT molecular complexity index is 383. The van der Waals surface area contributed by atoms with Crippen molar-refractivity contribution in [3.05, 3.63) is 29.6 Å². The summed E-state index contributed by atoms with van der Waals surface area (Å²) >= 11 is 0. The quantitative estimate of drug-likeness (QED) is 0.853. The average Bonchev–Trinajstić information content (AvgIpc) is 2.80. The van der Waals surface area contributed by atoms with E-state index in [1.165, 1.54) is 30.5 Å². The highest BCUT2D eigenvalue weighted by Crippen LogP contribution is 2.12. The standard InChI is InChI=1S/C16H27N3/c1-13(2)10-19(12-16-5-4-6-18-16)11-15-7-14(3)8-17-9-15/h7-9,13,16,18H,4-6,10-12H2,1-3H3. The predicted octanol–water partition coefficient (Wildman–Crippen LogP) is 2.60. The third kappa shape index (κ3) is 4.92. The minimum absolute atomic E-state index is 0.677. The van der Waals surface area contributed by atoms with Crippen LogP contribution in [-0.4, -0.2) is 35.6 Å². The van der Waals surface area contributed by atoms with Gasteiger partial charge in [0, 0.05) is 38.1 Å². The van der Waals surface area contributed by atoms with Crippen molar-refractivity contribution >= 4 is 0 Å². The largest absolute Gasteiger partial charge is 0.313 e. The van der Waals surface area contributed by atoms with E-state index >= 15 is 0 Å². The van der Waals surface area contributed by atoms with Crippen LogP contribution in [0.3, 0.4) is 0 Å². The van der Waals surface area contributed by atoms with Crippen LogP contribution in [0.15, 0.2) is 18.5 Å². The number of aromatic nitrogens is 1. The summed E-state index contributed by atoms with van der Waals surface area (Å²) in [5.74, 6) is 0.708. The van der Waals surface area contributed by atoms with Gasteiger partial charge in [0.25, 0.3) is 0 Å². The Morgan fingerprint density at radius 1 is 1.42 bits per heavy atom. The molecule has 0 amide bonds. The molecule has 1 aromatic rings. The first kappa shape index (κ1) is 14.5. The highest BCUT2D eigenvalue weighted by Gasteiger charge is 2.18. The summed E-state index contributed by atoms with van der Waals surface area (Å²) in [6.07, 6.45) is 6.57. The summed E-state index contributed by atoms with van der Waals surface area (Å²) in [7, 11) is 0. The maximum absolute atomic E-state index is 4.31. The van der Waals surface area contributed by atoms with Gasteiger partial charge < -0.3 is 5.32 Å². The Morgan fingerprint density at radius 2 is 2.26 bits per heavy atom. The van der Waals surface area contributed by atoms with E-state index in [-0.39, 0.29) is 0 Å². The topological polar surface area (TPSA) is 28.2 Å². The first-order valence-electron chi connectivity index (χ1n) is 7.50. The van der Waals surface area contributed by atoms with Gasteiger partial charge in [-0.3, -0.25) is 9.88 Å². The molecule has 3 heteroatoms. The van der Waals surface area contributed by atoms with Crippen molar-refractivity contribution in [3.63, 3.8) is 0 Å². The number of nitrogens with one attached hydrogen (secondary N) is 1. The van der Waals surface area contributed by atoms with Gasteiger partial charge in [-0.25, -0.2) is 0 Å². The Labute approximate surface area is 117 Å². The second-order valence-electron chi connectivity index (χ2n) is 6.25. The Morgan fingerprint density at radius 3 is 2.89 bits per heavy atom. The molecule has 3 nitrogen and oxygen atoms in total. The van der Waals surface area contributed by atoms with Gasteiger partial charge in [0.2, 0.25) is 0 Å². The average molecular weight is 261 g/mol. The van der Waals surface area contributed by atoms with E-state index in [2.05, 4.69) is 42.0 Å². The van der Waals surface area contributed by atoms with Crippen molar-refractivity contribution in [2.45, 2.75) is 46.2 Å². The van der Waals surface area contributed by atoms with Crippen LogP contribution in [0.25, 0.3) is 0 Å². The summed E-state index contributed by atoms with van der Waals surface area (Å²) in [6, 6.07) is 2.93. The van der Waals surface area contributed by atoms with Crippen molar-refractivity contribution in [1.29, 1.82) is 0 Å². The van der Waals surface area contributed by atoms with Crippen molar-refractivity contribution in [3.8, 4) is 0 Å². The van der Waals surface area contributed by atoms with Crippen LogP contribution in [0.5, 0.6) is 0 Å². The van der Waals surface area contributed by atoms with E-state index in [1.807, 2.05) is 12.4 Å². The molecule has 0 aliphatic carbocycles. The Balaban J connectivity index is 1.96. The monoisotopic (exact) mass is 261 g/mol. The minimum Gasteiger partial charge on any atom is -0.313 e. The zero-order chi connectivity index (χ0) is 13.7. The fourth-order valence-electron chi connectivity index (χ4n) is 2.91. The lowest BCUT2D eigenvalue weighted by Gasteiger charge is -2.27. The van der Waals surface area contributed by atoms with E-state index in [4.69, 9.17) is 0 Å². The molecular weight excluding hydrogens is 234 g/mol. The molecule has 0 saturated carbocycles. The molecule has 1 fully saturated rings. The van der Waals surface area contributed by atoms with Crippen LogP contribution < -0.4 is 5.32 Å². The fourth-order valence-corrected chi connectivity index (χ4v) is 2.91. The van der Waals surface area contributed by atoms with Crippen LogP contribution in [0.2, 0.25) is 0 Å². The van der Waals surface area contributed by atoms with Gasteiger partial charge in [-0.1, -0.05) is 19.9 Å². The fraction of sp³-hybridized carbons (Fsp3) is 0.688. The van der Waals surface area contributed by atoms with Gasteiger partial charge in [-0.15, -0.1) is 0 Å². The van der Waals surface area contributed by atoms with Crippen molar-refractivity contribution in [1.82, 2.24) is 15.2 Å². The van der Waals surface area contributed by atoms with E-state index in [1.54, 1.807) is 0 Å². The van der Waals surface area contributed by atoms with Crippen LogP contribution in [0.4, 0.5) is 0 Å². The minimum atomic E-state index is 0.677. The highest BCUT2D eigenvalue weighted by molar-refractivity contribution is 5.16. The van der Waals surface area contributed by atoms with Gasteiger partial charge in [0.1, 0.15) is 0 Å². The second-order valence-corrected chi connectivity index (χ2v) is 6.25. The summed E-state index contributed by atoms with van der Waals surface area (Å²) < 4.78 is 0. The zero-order valence-corrected chi connectivity index (χ0v) is 12.5. The number of nitrogens with zero attached hydrogens (tertiary/aromatic N) is 2. The molecule has 1 saturated heterocycles. The molecule has 1 atom stereocenters. The van der Waals surface area contributed by atoms with Crippen molar-refractivity contribution in [2.75, 3.05) is 19.6 Å². The lowest BCUT2D eigenvalue weighted by atomic mass is 10.1. The van der Waals surface area contributed by atoms with Gasteiger partial charge in [0.15, 0.2) is 0 Å². The lowest BCUT2D eigenvalue weighted by molar-refractivity contribution is 0.216. The molecule has 1 unspecified atom stereocenters. The van der Waals surface area contributed by atoms with Crippen molar-refractivity contribution < 1.29 is 0 Å². The molecule has 1 aromatic heterocycles. The van der Waals surface area contributed by atoms with Gasteiger partial charge in [-0.2, -0.15) is 0 Å².